The van der Waals surface area contributed by atoms with Gasteiger partial charge in [-0.05, 0) is 25.3 Å². The second kappa shape index (κ2) is 6.67. The highest BCUT2D eigenvalue weighted by Crippen LogP contribution is 2.30. The monoisotopic (exact) mass is 268 g/mol. The molecule has 0 aromatic carbocycles. The Hall–Kier alpha value is -0.410. The molecule has 104 valence electrons. The third-order valence-electron chi connectivity index (χ3n) is 2.73. The van der Waals surface area contributed by atoms with Crippen LogP contribution in [0.4, 0.5) is 0 Å². The first-order valence-electron chi connectivity index (χ1n) is 7.04. The molecule has 1 heterocycles. The maximum atomic E-state index is 4.88. The lowest BCUT2D eigenvalue weighted by atomic mass is 9.98. The van der Waals surface area contributed by atoms with E-state index in [-0.39, 0.29) is 5.41 Å². The minimum Gasteiger partial charge on any atom is -0.312 e. The molecule has 3 heteroatoms. The summed E-state index contributed by atoms with van der Waals surface area (Å²) in [5.41, 5.74) is 1.47. The average Bonchev–Trinajstić information content (AvgIpc) is 2.61. The second-order valence-electron chi connectivity index (χ2n) is 6.41. The van der Waals surface area contributed by atoms with Crippen LogP contribution in [0.2, 0.25) is 0 Å². The fourth-order valence-electron chi connectivity index (χ4n) is 1.77. The number of nitrogens with zero attached hydrogens (tertiary/aromatic N) is 1. The van der Waals surface area contributed by atoms with Crippen LogP contribution in [0, 0.1) is 5.92 Å². The van der Waals surface area contributed by atoms with Gasteiger partial charge in [-0.3, -0.25) is 0 Å². The van der Waals surface area contributed by atoms with Crippen molar-refractivity contribution >= 4 is 11.3 Å². The van der Waals surface area contributed by atoms with Crippen molar-refractivity contribution in [3.63, 3.8) is 0 Å². The predicted molar refractivity (Wildman–Crippen MR) is 81.4 cm³/mol. The molecule has 1 aromatic rings. The largest absolute Gasteiger partial charge is 0.312 e. The van der Waals surface area contributed by atoms with E-state index in [4.69, 9.17) is 4.98 Å². The van der Waals surface area contributed by atoms with Gasteiger partial charge in [0.05, 0.1) is 10.7 Å². The summed E-state index contributed by atoms with van der Waals surface area (Å²) in [4.78, 5) is 6.31. The molecule has 0 radical (unpaired) electrons. The van der Waals surface area contributed by atoms with E-state index in [0.29, 0.717) is 5.92 Å². The van der Waals surface area contributed by atoms with E-state index < -0.39 is 0 Å². The first-order chi connectivity index (χ1) is 8.34. The van der Waals surface area contributed by atoms with E-state index in [9.17, 15) is 0 Å². The molecule has 0 unspecified atom stereocenters. The highest BCUT2D eigenvalue weighted by molar-refractivity contribution is 7.11. The van der Waals surface area contributed by atoms with Crippen LogP contribution in [0.5, 0.6) is 0 Å². The zero-order valence-electron chi connectivity index (χ0n) is 12.8. The summed E-state index contributed by atoms with van der Waals surface area (Å²) in [6, 6.07) is 0. The molecule has 0 amide bonds. The van der Waals surface area contributed by atoms with Crippen molar-refractivity contribution in [2.75, 3.05) is 6.54 Å². The van der Waals surface area contributed by atoms with Crippen molar-refractivity contribution in [3.05, 3.63) is 15.6 Å². The van der Waals surface area contributed by atoms with Crippen LogP contribution in [0.1, 0.15) is 63.5 Å². The first-order valence-corrected chi connectivity index (χ1v) is 7.86. The van der Waals surface area contributed by atoms with Crippen LogP contribution in [0.3, 0.4) is 0 Å². The van der Waals surface area contributed by atoms with E-state index in [0.717, 1.165) is 19.5 Å². The fraction of sp³-hybridized carbons (Fsp3) is 0.800. The Bertz CT molecular complexity index is 361. The molecule has 0 saturated carbocycles. The van der Waals surface area contributed by atoms with Gasteiger partial charge in [-0.2, -0.15) is 0 Å². The molecule has 0 saturated heterocycles. The van der Waals surface area contributed by atoms with Gasteiger partial charge in [-0.1, -0.05) is 41.5 Å². The van der Waals surface area contributed by atoms with Gasteiger partial charge in [0.1, 0.15) is 0 Å². The van der Waals surface area contributed by atoms with Crippen molar-refractivity contribution in [2.24, 2.45) is 5.92 Å². The van der Waals surface area contributed by atoms with E-state index >= 15 is 0 Å². The smallest absolute Gasteiger partial charge is 0.0985 e. The molecule has 0 aliphatic rings. The van der Waals surface area contributed by atoms with Gasteiger partial charge in [-0.25, -0.2) is 4.98 Å². The summed E-state index contributed by atoms with van der Waals surface area (Å²) in [6.45, 7) is 15.5. The lowest BCUT2D eigenvalue weighted by Gasteiger charge is -2.13. The molecular formula is C15H28N2S. The molecule has 1 rings (SSSR count). The highest BCUT2D eigenvalue weighted by atomic mass is 32.1. The number of nitrogens with one attached hydrogen (secondary N) is 1. The van der Waals surface area contributed by atoms with Gasteiger partial charge in [-0.15, -0.1) is 11.3 Å². The molecule has 0 atom stereocenters. The Labute approximate surface area is 116 Å². The van der Waals surface area contributed by atoms with Gasteiger partial charge in [0.15, 0.2) is 0 Å². The van der Waals surface area contributed by atoms with Crippen molar-refractivity contribution in [1.82, 2.24) is 10.3 Å². The van der Waals surface area contributed by atoms with Crippen molar-refractivity contribution < 1.29 is 0 Å². The van der Waals surface area contributed by atoms with Crippen LogP contribution in [-0.2, 0) is 18.4 Å². The van der Waals surface area contributed by atoms with E-state index in [2.05, 4.69) is 46.9 Å². The molecule has 18 heavy (non-hydrogen) atoms. The van der Waals surface area contributed by atoms with Crippen LogP contribution >= 0.6 is 11.3 Å². The number of thiazole rings is 1. The zero-order valence-corrected chi connectivity index (χ0v) is 13.6. The Morgan fingerprint density at radius 3 is 2.44 bits per heavy atom. The van der Waals surface area contributed by atoms with Gasteiger partial charge in [0.2, 0.25) is 0 Å². The summed E-state index contributed by atoms with van der Waals surface area (Å²) in [7, 11) is 0. The topological polar surface area (TPSA) is 24.9 Å². The molecule has 0 fully saturated rings. The molecule has 2 nitrogen and oxygen atoms in total. The summed E-state index contributed by atoms with van der Waals surface area (Å²) >= 11 is 1.89. The highest BCUT2D eigenvalue weighted by Gasteiger charge is 2.21. The molecule has 0 spiro atoms. The minimum absolute atomic E-state index is 0.166. The number of hydrogen-bond acceptors (Lipinski definition) is 3. The van der Waals surface area contributed by atoms with E-state index in [1.807, 2.05) is 11.3 Å². The van der Waals surface area contributed by atoms with Crippen molar-refractivity contribution in [2.45, 2.75) is 66.3 Å². The van der Waals surface area contributed by atoms with Crippen LogP contribution < -0.4 is 5.32 Å². The van der Waals surface area contributed by atoms with Crippen LogP contribution in [-0.4, -0.2) is 11.5 Å². The standard InChI is InChI=1S/C15H28N2S/c1-7-8-16-10-13-12(9-11(2)3)17-14(18-13)15(4,5)6/h11,16H,7-10H2,1-6H3. The third kappa shape index (κ3) is 4.69. The molecule has 1 aromatic heterocycles. The van der Waals surface area contributed by atoms with E-state index in [1.54, 1.807) is 0 Å². The average molecular weight is 268 g/mol. The van der Waals surface area contributed by atoms with Gasteiger partial charge in [0.25, 0.3) is 0 Å². The van der Waals surface area contributed by atoms with Gasteiger partial charge < -0.3 is 5.32 Å². The number of rotatable bonds is 6. The Morgan fingerprint density at radius 1 is 1.28 bits per heavy atom. The van der Waals surface area contributed by atoms with Crippen LogP contribution in [0.15, 0.2) is 0 Å². The molecule has 0 aliphatic carbocycles. The Morgan fingerprint density at radius 2 is 1.94 bits per heavy atom. The SMILES string of the molecule is CCCNCc1sc(C(C)(C)C)nc1CC(C)C. The van der Waals surface area contributed by atoms with Crippen LogP contribution in [0.25, 0.3) is 0 Å². The normalized spacial score (nSPS) is 12.4. The summed E-state index contributed by atoms with van der Waals surface area (Å²) < 4.78 is 0. The number of aromatic nitrogens is 1. The molecule has 0 aliphatic heterocycles. The lowest BCUT2D eigenvalue weighted by molar-refractivity contribution is 0.574. The summed E-state index contributed by atoms with van der Waals surface area (Å²) in [5.74, 6) is 0.671. The molecule has 1 N–H and O–H groups in total. The van der Waals surface area contributed by atoms with E-state index in [1.165, 1.54) is 22.0 Å². The Balaban J connectivity index is 2.86. The molecule has 0 bridgehead atoms. The second-order valence-corrected chi connectivity index (χ2v) is 7.50. The first kappa shape index (κ1) is 15.6. The Kier molecular flexibility index (Phi) is 5.80. The third-order valence-corrected chi connectivity index (χ3v) is 4.26. The molecular weight excluding hydrogens is 240 g/mol. The minimum atomic E-state index is 0.166. The van der Waals surface area contributed by atoms with Gasteiger partial charge in [0, 0.05) is 16.8 Å². The quantitative estimate of drug-likeness (QED) is 0.784. The predicted octanol–water partition coefficient (Wildman–Crippen LogP) is 4.14. The number of hydrogen-bond donors (Lipinski definition) is 1. The van der Waals surface area contributed by atoms with Gasteiger partial charge >= 0.3 is 0 Å². The lowest BCUT2D eigenvalue weighted by Crippen LogP contribution is -2.14. The maximum Gasteiger partial charge on any atom is 0.0985 e. The maximum absolute atomic E-state index is 4.88. The van der Waals surface area contributed by atoms with Crippen molar-refractivity contribution in [1.29, 1.82) is 0 Å². The summed E-state index contributed by atoms with van der Waals surface area (Å²) in [6.07, 6.45) is 2.28. The summed E-state index contributed by atoms with van der Waals surface area (Å²) in [5, 5.41) is 4.77. The fourth-order valence-corrected chi connectivity index (χ4v) is 2.88. The van der Waals surface area contributed by atoms with Crippen molar-refractivity contribution in [3.8, 4) is 0 Å². The zero-order chi connectivity index (χ0) is 13.8.